The van der Waals surface area contributed by atoms with Crippen LogP contribution in [-0.4, -0.2) is 57.8 Å². The summed E-state index contributed by atoms with van der Waals surface area (Å²) in [4.78, 5) is 31.8. The Labute approximate surface area is 125 Å². The molecule has 0 spiro atoms. The van der Waals surface area contributed by atoms with Crippen LogP contribution in [0.1, 0.15) is 25.6 Å². The van der Waals surface area contributed by atoms with E-state index in [1.807, 2.05) is 31.8 Å². The predicted molar refractivity (Wildman–Crippen MR) is 79.5 cm³/mol. The van der Waals surface area contributed by atoms with Crippen molar-refractivity contribution in [1.82, 2.24) is 19.4 Å². The van der Waals surface area contributed by atoms with Crippen LogP contribution in [-0.2, 0) is 23.1 Å². The van der Waals surface area contributed by atoms with Crippen molar-refractivity contribution in [2.45, 2.75) is 26.2 Å². The van der Waals surface area contributed by atoms with Gasteiger partial charge in [0.2, 0.25) is 11.8 Å². The second kappa shape index (κ2) is 6.74. The average molecular weight is 292 g/mol. The lowest BCUT2D eigenvalue weighted by Gasteiger charge is -2.21. The van der Waals surface area contributed by atoms with Gasteiger partial charge in [-0.25, -0.2) is 4.98 Å². The molecule has 1 saturated heterocycles. The second-order valence-corrected chi connectivity index (χ2v) is 5.65. The Hall–Kier alpha value is -1.85. The van der Waals surface area contributed by atoms with Gasteiger partial charge in [0.1, 0.15) is 5.82 Å². The van der Waals surface area contributed by atoms with Gasteiger partial charge in [-0.05, 0) is 13.3 Å². The predicted octanol–water partition coefficient (Wildman–Crippen LogP) is 0.679. The third-order valence-electron chi connectivity index (χ3n) is 4.14. The van der Waals surface area contributed by atoms with Crippen molar-refractivity contribution >= 4 is 11.8 Å². The number of carbonyl (C=O) groups excluding carboxylic acids is 2. The molecule has 0 bridgehead atoms. The Morgan fingerprint density at radius 3 is 2.86 bits per heavy atom. The van der Waals surface area contributed by atoms with Gasteiger partial charge in [0, 0.05) is 59.0 Å². The van der Waals surface area contributed by atoms with E-state index in [2.05, 4.69) is 4.98 Å². The minimum Gasteiger partial charge on any atom is -0.345 e. The molecular weight excluding hydrogens is 268 g/mol. The van der Waals surface area contributed by atoms with E-state index in [0.717, 1.165) is 18.7 Å². The van der Waals surface area contributed by atoms with Crippen LogP contribution in [0.15, 0.2) is 12.4 Å². The van der Waals surface area contributed by atoms with E-state index in [9.17, 15) is 9.59 Å². The van der Waals surface area contributed by atoms with Gasteiger partial charge in [-0.3, -0.25) is 9.59 Å². The minimum atomic E-state index is -0.171. The maximum Gasteiger partial charge on any atom is 0.227 e. The van der Waals surface area contributed by atoms with Crippen LogP contribution in [0.2, 0.25) is 0 Å². The highest BCUT2D eigenvalue weighted by Gasteiger charge is 2.34. The first kappa shape index (κ1) is 15.5. The first-order chi connectivity index (χ1) is 10.0. The highest BCUT2D eigenvalue weighted by atomic mass is 16.2. The number of rotatable bonds is 6. The first-order valence-corrected chi connectivity index (χ1v) is 7.51. The summed E-state index contributed by atoms with van der Waals surface area (Å²) < 4.78 is 2.00. The molecule has 6 nitrogen and oxygen atoms in total. The number of amides is 2. The third-order valence-corrected chi connectivity index (χ3v) is 4.14. The number of carbonyl (C=O) groups is 2. The molecule has 2 amide bonds. The molecule has 2 heterocycles. The summed E-state index contributed by atoms with van der Waals surface area (Å²) in [5, 5.41) is 0. The molecule has 1 aromatic heterocycles. The molecule has 116 valence electrons. The lowest BCUT2D eigenvalue weighted by atomic mass is 10.1. The molecule has 1 aromatic rings. The fourth-order valence-corrected chi connectivity index (χ4v) is 2.78. The van der Waals surface area contributed by atoms with Crippen molar-refractivity contribution in [3.8, 4) is 0 Å². The Balaban J connectivity index is 1.78. The monoisotopic (exact) mass is 292 g/mol. The number of nitrogens with zero attached hydrogens (tertiary/aromatic N) is 4. The summed E-state index contributed by atoms with van der Waals surface area (Å²) in [7, 11) is 3.79. The van der Waals surface area contributed by atoms with Crippen LogP contribution in [0.4, 0.5) is 0 Å². The summed E-state index contributed by atoms with van der Waals surface area (Å²) in [6.07, 6.45) is 5.80. The van der Waals surface area contributed by atoms with E-state index >= 15 is 0 Å². The quantitative estimate of drug-likeness (QED) is 0.775. The number of aromatic nitrogens is 2. The number of hydrogen-bond donors (Lipinski definition) is 0. The molecule has 1 aliphatic rings. The number of aryl methyl sites for hydroxylation is 2. The summed E-state index contributed by atoms with van der Waals surface area (Å²) in [6, 6.07) is 0. The van der Waals surface area contributed by atoms with Crippen LogP contribution < -0.4 is 0 Å². The maximum absolute atomic E-state index is 12.3. The van der Waals surface area contributed by atoms with Gasteiger partial charge in [0.15, 0.2) is 0 Å². The largest absolute Gasteiger partial charge is 0.345 e. The lowest BCUT2D eigenvalue weighted by molar-refractivity contribution is -0.134. The third kappa shape index (κ3) is 3.62. The fraction of sp³-hybridized carbons (Fsp3) is 0.667. The van der Waals surface area contributed by atoms with Crippen LogP contribution in [0.5, 0.6) is 0 Å². The Kier molecular flexibility index (Phi) is 4.98. The van der Waals surface area contributed by atoms with Crippen LogP contribution >= 0.6 is 0 Å². The Bertz CT molecular complexity index is 512. The summed E-state index contributed by atoms with van der Waals surface area (Å²) >= 11 is 0. The van der Waals surface area contributed by atoms with Gasteiger partial charge >= 0.3 is 0 Å². The van der Waals surface area contributed by atoms with Gasteiger partial charge < -0.3 is 14.4 Å². The zero-order valence-corrected chi connectivity index (χ0v) is 13.1. The fourth-order valence-electron chi connectivity index (χ4n) is 2.78. The number of imidazole rings is 1. The molecule has 0 aliphatic carbocycles. The molecule has 0 radical (unpaired) electrons. The summed E-state index contributed by atoms with van der Waals surface area (Å²) in [5.74, 6) is 1.04. The zero-order chi connectivity index (χ0) is 15.4. The van der Waals surface area contributed by atoms with Crippen molar-refractivity contribution in [1.29, 1.82) is 0 Å². The van der Waals surface area contributed by atoms with E-state index in [-0.39, 0.29) is 17.7 Å². The minimum absolute atomic E-state index is 0.0825. The van der Waals surface area contributed by atoms with Gasteiger partial charge in [-0.2, -0.15) is 0 Å². The van der Waals surface area contributed by atoms with E-state index in [4.69, 9.17) is 0 Å². The Morgan fingerprint density at radius 2 is 2.29 bits per heavy atom. The van der Waals surface area contributed by atoms with Gasteiger partial charge in [0.05, 0.1) is 5.92 Å². The highest BCUT2D eigenvalue weighted by molar-refractivity contribution is 5.89. The second-order valence-electron chi connectivity index (χ2n) is 5.65. The zero-order valence-electron chi connectivity index (χ0n) is 13.1. The van der Waals surface area contributed by atoms with Crippen LogP contribution in [0, 0.1) is 5.92 Å². The van der Waals surface area contributed by atoms with E-state index in [1.54, 1.807) is 16.0 Å². The normalized spacial score (nSPS) is 18.3. The van der Waals surface area contributed by atoms with Crippen LogP contribution in [0.3, 0.4) is 0 Å². The molecule has 1 unspecified atom stereocenters. The molecule has 0 N–H and O–H groups in total. The van der Waals surface area contributed by atoms with Crippen molar-refractivity contribution in [3.05, 3.63) is 18.2 Å². The summed E-state index contributed by atoms with van der Waals surface area (Å²) in [5.41, 5.74) is 0. The number of likely N-dealkylation sites (tertiary alicyclic amines) is 1. The molecule has 1 atom stereocenters. The topological polar surface area (TPSA) is 58.4 Å². The molecule has 6 heteroatoms. The van der Waals surface area contributed by atoms with Crippen molar-refractivity contribution in [2.24, 2.45) is 13.0 Å². The smallest absolute Gasteiger partial charge is 0.227 e. The van der Waals surface area contributed by atoms with E-state index < -0.39 is 0 Å². The average Bonchev–Trinajstić information content (AvgIpc) is 3.04. The highest BCUT2D eigenvalue weighted by Crippen LogP contribution is 2.19. The SMILES string of the molecule is CCN1CC(C(=O)N(C)CCCc2nccn2C)CC1=O. The van der Waals surface area contributed by atoms with Gasteiger partial charge in [0.25, 0.3) is 0 Å². The number of hydrogen-bond acceptors (Lipinski definition) is 3. The van der Waals surface area contributed by atoms with Crippen molar-refractivity contribution in [2.75, 3.05) is 26.7 Å². The van der Waals surface area contributed by atoms with Gasteiger partial charge in [-0.15, -0.1) is 0 Å². The molecule has 0 saturated carbocycles. The molecule has 1 aliphatic heterocycles. The summed E-state index contributed by atoms with van der Waals surface area (Å²) in [6.45, 7) is 3.90. The first-order valence-electron chi connectivity index (χ1n) is 7.51. The van der Waals surface area contributed by atoms with Gasteiger partial charge in [-0.1, -0.05) is 0 Å². The molecule has 1 fully saturated rings. The van der Waals surface area contributed by atoms with Crippen LogP contribution in [0.25, 0.3) is 0 Å². The van der Waals surface area contributed by atoms with E-state index in [1.165, 1.54) is 0 Å². The van der Waals surface area contributed by atoms with Crippen molar-refractivity contribution in [3.63, 3.8) is 0 Å². The molecule has 0 aromatic carbocycles. The van der Waals surface area contributed by atoms with Crippen molar-refractivity contribution < 1.29 is 9.59 Å². The van der Waals surface area contributed by atoms with E-state index in [0.29, 0.717) is 26.1 Å². The maximum atomic E-state index is 12.3. The molecule has 21 heavy (non-hydrogen) atoms. The lowest BCUT2D eigenvalue weighted by Crippen LogP contribution is -2.35. The Morgan fingerprint density at radius 1 is 1.52 bits per heavy atom. The molecule has 2 rings (SSSR count). The molecular formula is C15H24N4O2. The standard InChI is InChI=1S/C15H24N4O2/c1-4-19-11-12(10-14(19)20)15(21)18(3)8-5-6-13-16-7-9-17(13)2/h7,9,12H,4-6,8,10-11H2,1-3H3.